The molecular weight excluding hydrogens is 318 g/mol. The fourth-order valence-electron chi connectivity index (χ4n) is 3.87. The maximum Gasteiger partial charge on any atom is 0.225 e. The molecule has 2 saturated heterocycles. The third-order valence-electron chi connectivity index (χ3n) is 5.64. The first kappa shape index (κ1) is 19.7. The Kier molecular flexibility index (Phi) is 6.85. The molecule has 0 aromatic carbocycles. The van der Waals surface area contributed by atoms with Gasteiger partial charge in [0, 0.05) is 44.1 Å². The molecule has 25 heavy (non-hydrogen) atoms. The highest BCUT2D eigenvalue weighted by atomic mass is 16.2. The number of hydrogen-bond acceptors (Lipinski definition) is 3. The maximum absolute atomic E-state index is 12.5. The predicted octanol–water partition coefficient (Wildman–Crippen LogP) is 1.79. The Labute approximate surface area is 151 Å². The topological polar surface area (TPSA) is 69.7 Å². The van der Waals surface area contributed by atoms with Crippen LogP contribution >= 0.6 is 0 Å². The summed E-state index contributed by atoms with van der Waals surface area (Å²) in [7, 11) is 0. The Morgan fingerprint density at radius 3 is 2.24 bits per heavy atom. The van der Waals surface area contributed by atoms with Gasteiger partial charge in [0.1, 0.15) is 0 Å². The number of hydrogen-bond donors (Lipinski definition) is 1. The van der Waals surface area contributed by atoms with E-state index >= 15 is 0 Å². The Balaban J connectivity index is 1.79. The molecule has 0 aromatic rings. The van der Waals surface area contributed by atoms with Crippen molar-refractivity contribution in [1.82, 2.24) is 15.1 Å². The van der Waals surface area contributed by atoms with Gasteiger partial charge in [-0.15, -0.1) is 0 Å². The monoisotopic (exact) mass is 351 g/mol. The normalized spacial score (nSPS) is 22.2. The molecule has 6 nitrogen and oxygen atoms in total. The largest absolute Gasteiger partial charge is 0.353 e. The third-order valence-corrected chi connectivity index (χ3v) is 5.64. The molecular formula is C19H33N3O3. The number of amides is 3. The summed E-state index contributed by atoms with van der Waals surface area (Å²) in [6.07, 6.45) is 3.68. The second-order valence-corrected chi connectivity index (χ2v) is 7.66. The molecule has 2 rings (SSSR count). The highest BCUT2D eigenvalue weighted by Gasteiger charge is 2.36. The number of rotatable bonds is 6. The van der Waals surface area contributed by atoms with Gasteiger partial charge in [-0.2, -0.15) is 0 Å². The number of carbonyl (C=O) groups is 3. The van der Waals surface area contributed by atoms with Gasteiger partial charge in [0.2, 0.25) is 17.7 Å². The summed E-state index contributed by atoms with van der Waals surface area (Å²) in [5.41, 5.74) is 0. The lowest BCUT2D eigenvalue weighted by Gasteiger charge is -2.34. The van der Waals surface area contributed by atoms with E-state index in [0.717, 1.165) is 25.7 Å². The molecule has 0 bridgehead atoms. The summed E-state index contributed by atoms with van der Waals surface area (Å²) in [5.74, 6) is 0.197. The summed E-state index contributed by atoms with van der Waals surface area (Å²) in [5, 5.41) is 3.10. The molecule has 2 fully saturated rings. The molecule has 2 aliphatic heterocycles. The molecule has 1 unspecified atom stereocenters. The Bertz CT molecular complexity index is 494. The van der Waals surface area contributed by atoms with E-state index in [-0.39, 0.29) is 41.6 Å². The molecule has 142 valence electrons. The van der Waals surface area contributed by atoms with Crippen molar-refractivity contribution in [3.8, 4) is 0 Å². The Hall–Kier alpha value is -1.59. The summed E-state index contributed by atoms with van der Waals surface area (Å²) in [4.78, 5) is 40.6. The van der Waals surface area contributed by atoms with E-state index in [4.69, 9.17) is 0 Å². The number of nitrogens with one attached hydrogen (secondary N) is 1. The zero-order valence-electron chi connectivity index (χ0n) is 16.1. The minimum absolute atomic E-state index is 0.0127. The van der Waals surface area contributed by atoms with Crippen molar-refractivity contribution in [1.29, 1.82) is 0 Å². The lowest BCUT2D eigenvalue weighted by Crippen LogP contribution is -2.49. The van der Waals surface area contributed by atoms with Gasteiger partial charge in [-0.1, -0.05) is 13.8 Å². The van der Waals surface area contributed by atoms with E-state index in [1.807, 2.05) is 18.7 Å². The highest BCUT2D eigenvalue weighted by Crippen LogP contribution is 2.22. The Morgan fingerprint density at radius 2 is 1.76 bits per heavy atom. The first-order valence-electron chi connectivity index (χ1n) is 9.75. The average Bonchev–Trinajstić information content (AvgIpc) is 2.99. The second kappa shape index (κ2) is 8.68. The third kappa shape index (κ3) is 4.73. The molecule has 0 radical (unpaired) electrons. The van der Waals surface area contributed by atoms with Crippen LogP contribution in [0.15, 0.2) is 0 Å². The zero-order chi connectivity index (χ0) is 18.6. The summed E-state index contributed by atoms with van der Waals surface area (Å²) < 4.78 is 0. The van der Waals surface area contributed by atoms with Crippen molar-refractivity contribution >= 4 is 17.7 Å². The molecule has 3 amide bonds. The van der Waals surface area contributed by atoms with Crippen LogP contribution in [0.2, 0.25) is 0 Å². The molecule has 1 N–H and O–H groups in total. The quantitative estimate of drug-likeness (QED) is 0.793. The van der Waals surface area contributed by atoms with Crippen LogP contribution in [-0.4, -0.2) is 59.2 Å². The van der Waals surface area contributed by atoms with E-state index < -0.39 is 0 Å². The van der Waals surface area contributed by atoms with Crippen LogP contribution in [0.5, 0.6) is 0 Å². The molecule has 0 aromatic heterocycles. The van der Waals surface area contributed by atoms with Gasteiger partial charge in [0.25, 0.3) is 0 Å². The molecule has 2 aliphatic rings. The van der Waals surface area contributed by atoms with Gasteiger partial charge in [-0.25, -0.2) is 0 Å². The van der Waals surface area contributed by atoms with Crippen LogP contribution < -0.4 is 5.32 Å². The maximum atomic E-state index is 12.5. The van der Waals surface area contributed by atoms with Gasteiger partial charge in [-0.3, -0.25) is 14.4 Å². The minimum atomic E-state index is -0.237. The second-order valence-electron chi connectivity index (χ2n) is 7.66. The zero-order valence-corrected chi connectivity index (χ0v) is 16.1. The van der Waals surface area contributed by atoms with Crippen molar-refractivity contribution < 1.29 is 14.4 Å². The number of likely N-dealkylation sites (tertiary alicyclic amines) is 2. The first-order chi connectivity index (χ1) is 11.9. The van der Waals surface area contributed by atoms with Gasteiger partial charge in [0.05, 0.1) is 5.92 Å². The Morgan fingerprint density at radius 1 is 1.16 bits per heavy atom. The van der Waals surface area contributed by atoms with Crippen molar-refractivity contribution in [2.45, 2.75) is 71.9 Å². The van der Waals surface area contributed by atoms with E-state index in [1.165, 1.54) is 0 Å². The van der Waals surface area contributed by atoms with E-state index in [1.54, 1.807) is 4.90 Å². The predicted molar refractivity (Wildman–Crippen MR) is 96.8 cm³/mol. The van der Waals surface area contributed by atoms with E-state index in [9.17, 15) is 14.4 Å². The number of piperidine rings is 1. The van der Waals surface area contributed by atoms with Gasteiger partial charge >= 0.3 is 0 Å². The fourth-order valence-corrected chi connectivity index (χ4v) is 3.87. The van der Waals surface area contributed by atoms with Crippen LogP contribution in [0.3, 0.4) is 0 Å². The van der Waals surface area contributed by atoms with Crippen LogP contribution in [0, 0.1) is 11.8 Å². The molecule has 1 atom stereocenters. The van der Waals surface area contributed by atoms with Gasteiger partial charge in [0.15, 0.2) is 0 Å². The SMILES string of the molecule is CCC(CC)C(=O)N1CCC(NC(=O)C2CC(=O)N(C(C)C)C2)CC1. The molecule has 6 heteroatoms. The minimum Gasteiger partial charge on any atom is -0.353 e. The van der Waals surface area contributed by atoms with Gasteiger partial charge < -0.3 is 15.1 Å². The van der Waals surface area contributed by atoms with Crippen LogP contribution in [0.25, 0.3) is 0 Å². The van der Waals surface area contributed by atoms with Crippen LogP contribution in [0.1, 0.15) is 59.8 Å². The van der Waals surface area contributed by atoms with Crippen molar-refractivity contribution in [2.24, 2.45) is 11.8 Å². The standard InChI is InChI=1S/C19H33N3O3/c1-5-14(6-2)19(25)21-9-7-16(8-10-21)20-18(24)15-11-17(23)22(12-15)13(3)4/h13-16H,5-12H2,1-4H3,(H,20,24). The molecule has 2 heterocycles. The number of carbonyl (C=O) groups excluding carboxylic acids is 3. The van der Waals surface area contributed by atoms with Crippen molar-refractivity contribution in [2.75, 3.05) is 19.6 Å². The van der Waals surface area contributed by atoms with Crippen LogP contribution in [0.4, 0.5) is 0 Å². The van der Waals surface area contributed by atoms with E-state index in [2.05, 4.69) is 19.2 Å². The first-order valence-corrected chi connectivity index (χ1v) is 9.75. The molecule has 0 spiro atoms. The fraction of sp³-hybridized carbons (Fsp3) is 0.842. The summed E-state index contributed by atoms with van der Waals surface area (Å²) >= 11 is 0. The van der Waals surface area contributed by atoms with E-state index in [0.29, 0.717) is 26.1 Å². The smallest absolute Gasteiger partial charge is 0.225 e. The highest BCUT2D eigenvalue weighted by molar-refractivity contribution is 5.89. The average molecular weight is 351 g/mol. The van der Waals surface area contributed by atoms with Crippen molar-refractivity contribution in [3.05, 3.63) is 0 Å². The molecule has 0 saturated carbocycles. The molecule has 0 aliphatic carbocycles. The lowest BCUT2D eigenvalue weighted by atomic mass is 9.98. The van der Waals surface area contributed by atoms with Gasteiger partial charge in [-0.05, 0) is 39.5 Å². The van der Waals surface area contributed by atoms with Crippen LogP contribution in [-0.2, 0) is 14.4 Å². The lowest BCUT2D eigenvalue weighted by molar-refractivity contribution is -0.137. The summed E-state index contributed by atoms with van der Waals surface area (Å²) in [6, 6.07) is 0.256. The van der Waals surface area contributed by atoms with Crippen molar-refractivity contribution in [3.63, 3.8) is 0 Å². The number of nitrogens with zero attached hydrogens (tertiary/aromatic N) is 2. The summed E-state index contributed by atoms with van der Waals surface area (Å²) in [6.45, 7) is 10.0.